The van der Waals surface area contributed by atoms with Crippen molar-refractivity contribution in [2.45, 2.75) is 64.0 Å². The van der Waals surface area contributed by atoms with Crippen molar-refractivity contribution in [1.29, 1.82) is 0 Å². The van der Waals surface area contributed by atoms with Gasteiger partial charge in [-0.15, -0.1) is 10.2 Å². The molecule has 0 radical (unpaired) electrons. The number of carbonyl (C=O) groups excluding carboxylic acids is 2. The van der Waals surface area contributed by atoms with Crippen LogP contribution in [0.1, 0.15) is 68.6 Å². The number of aromatic nitrogens is 3. The summed E-state index contributed by atoms with van der Waals surface area (Å²) in [7, 11) is 0. The fraction of sp³-hybridized carbons (Fsp3) is 0.556. The summed E-state index contributed by atoms with van der Waals surface area (Å²) in [5, 5.41) is 11.7. The summed E-state index contributed by atoms with van der Waals surface area (Å²) in [6, 6.07) is 3.09. The third kappa shape index (κ3) is 4.50. The number of fused-ring (bicyclic) bond motifs is 1. The third-order valence-corrected chi connectivity index (χ3v) is 4.81. The van der Waals surface area contributed by atoms with E-state index in [0.717, 1.165) is 25.1 Å². The van der Waals surface area contributed by atoms with Crippen molar-refractivity contribution >= 4 is 29.2 Å². The molecule has 3 rings (SSSR count). The zero-order valence-electron chi connectivity index (χ0n) is 15.7. The maximum Gasteiger partial charge on any atom is 0.407 e. The van der Waals surface area contributed by atoms with E-state index in [1.807, 2.05) is 20.8 Å². The monoisotopic (exact) mass is 393 g/mol. The molecule has 146 valence electrons. The van der Waals surface area contributed by atoms with Crippen LogP contribution in [0.15, 0.2) is 12.1 Å². The molecular formula is C18H24ClN5O3. The molecule has 2 aromatic rings. The number of carbonyl (C=O) groups is 2. The number of halogens is 1. The number of alkyl carbamates (subject to hydrolysis) is 1. The maximum atomic E-state index is 12.1. The van der Waals surface area contributed by atoms with E-state index in [2.05, 4.69) is 15.5 Å². The first-order chi connectivity index (χ1) is 12.6. The van der Waals surface area contributed by atoms with E-state index in [1.54, 1.807) is 10.5 Å². The maximum absolute atomic E-state index is 12.1. The second-order valence-electron chi connectivity index (χ2n) is 7.89. The molecule has 0 spiro atoms. The van der Waals surface area contributed by atoms with Gasteiger partial charge in [-0.3, -0.25) is 9.20 Å². The van der Waals surface area contributed by atoms with Crippen LogP contribution in [0.3, 0.4) is 0 Å². The van der Waals surface area contributed by atoms with E-state index < -0.39 is 17.6 Å². The van der Waals surface area contributed by atoms with Crippen LogP contribution in [0.4, 0.5) is 4.79 Å². The Bertz CT molecular complexity index is 874. The Balaban J connectivity index is 1.78. The molecule has 8 nitrogen and oxygen atoms in total. The highest BCUT2D eigenvalue weighted by Gasteiger charge is 2.29. The summed E-state index contributed by atoms with van der Waals surface area (Å²) in [4.78, 5) is 23.5. The molecule has 1 aliphatic rings. The molecule has 2 atom stereocenters. The minimum atomic E-state index is -0.566. The van der Waals surface area contributed by atoms with Crippen LogP contribution in [0.2, 0.25) is 5.15 Å². The van der Waals surface area contributed by atoms with Gasteiger partial charge in [0.05, 0.1) is 0 Å². The molecule has 2 heterocycles. The Kier molecular flexibility index (Phi) is 5.28. The number of nitrogens with two attached hydrogens (primary N) is 1. The van der Waals surface area contributed by atoms with E-state index in [4.69, 9.17) is 22.1 Å². The Hall–Kier alpha value is -2.35. The average molecular weight is 394 g/mol. The van der Waals surface area contributed by atoms with Gasteiger partial charge in [-0.1, -0.05) is 18.0 Å². The van der Waals surface area contributed by atoms with Gasteiger partial charge in [0.15, 0.2) is 5.65 Å². The SMILES string of the molecule is CC(C)(C)OC(=O)N[C@@H]1CCC[C@H](c2nnc3cc(C(N)=O)cc(Cl)n23)C1. The molecule has 0 bridgehead atoms. The third-order valence-electron chi connectivity index (χ3n) is 4.53. The Labute approximate surface area is 162 Å². The summed E-state index contributed by atoms with van der Waals surface area (Å²) in [5.74, 6) is 0.246. The van der Waals surface area contributed by atoms with Crippen LogP contribution in [0.5, 0.6) is 0 Å². The Morgan fingerprint density at radius 2 is 2.04 bits per heavy atom. The summed E-state index contributed by atoms with van der Waals surface area (Å²) >= 11 is 6.35. The van der Waals surface area contributed by atoms with Crippen molar-refractivity contribution in [2.75, 3.05) is 0 Å². The minimum Gasteiger partial charge on any atom is -0.444 e. The van der Waals surface area contributed by atoms with Crippen LogP contribution in [-0.2, 0) is 4.74 Å². The molecular weight excluding hydrogens is 370 g/mol. The summed E-state index contributed by atoms with van der Waals surface area (Å²) < 4.78 is 7.07. The number of ether oxygens (including phenoxy) is 1. The molecule has 0 aliphatic heterocycles. The lowest BCUT2D eigenvalue weighted by molar-refractivity contribution is 0.0489. The minimum absolute atomic E-state index is 0.00498. The molecule has 0 aromatic carbocycles. The van der Waals surface area contributed by atoms with Crippen LogP contribution in [0.25, 0.3) is 5.65 Å². The van der Waals surface area contributed by atoms with Gasteiger partial charge in [-0.2, -0.15) is 0 Å². The number of rotatable bonds is 3. The van der Waals surface area contributed by atoms with Gasteiger partial charge in [-0.05, 0) is 52.2 Å². The predicted molar refractivity (Wildman–Crippen MR) is 101 cm³/mol. The van der Waals surface area contributed by atoms with Gasteiger partial charge in [-0.25, -0.2) is 4.79 Å². The molecule has 0 saturated heterocycles. The topological polar surface area (TPSA) is 112 Å². The van der Waals surface area contributed by atoms with E-state index in [1.165, 1.54) is 6.07 Å². The number of nitrogens with one attached hydrogen (secondary N) is 1. The first-order valence-electron chi connectivity index (χ1n) is 8.98. The van der Waals surface area contributed by atoms with Crippen LogP contribution >= 0.6 is 11.6 Å². The Morgan fingerprint density at radius 1 is 1.30 bits per heavy atom. The van der Waals surface area contributed by atoms with Crippen LogP contribution in [-0.4, -0.2) is 38.2 Å². The molecule has 1 fully saturated rings. The number of primary amides is 1. The lowest BCUT2D eigenvalue weighted by atomic mass is 9.85. The number of nitrogens with zero attached hydrogens (tertiary/aromatic N) is 3. The van der Waals surface area contributed by atoms with Gasteiger partial charge in [0.1, 0.15) is 16.6 Å². The van der Waals surface area contributed by atoms with Crippen molar-refractivity contribution in [3.63, 3.8) is 0 Å². The highest BCUT2D eigenvalue weighted by Crippen LogP contribution is 2.33. The average Bonchev–Trinajstić information content (AvgIpc) is 2.97. The summed E-state index contributed by atoms with van der Waals surface area (Å²) in [6.45, 7) is 5.50. The summed E-state index contributed by atoms with van der Waals surface area (Å²) in [6.07, 6.45) is 3.04. The van der Waals surface area contributed by atoms with Gasteiger partial charge in [0.25, 0.3) is 0 Å². The zero-order chi connectivity index (χ0) is 19.8. The number of amides is 2. The van der Waals surface area contributed by atoms with E-state index >= 15 is 0 Å². The zero-order valence-corrected chi connectivity index (χ0v) is 16.4. The second kappa shape index (κ2) is 7.34. The van der Waals surface area contributed by atoms with Crippen molar-refractivity contribution in [2.24, 2.45) is 5.73 Å². The molecule has 9 heteroatoms. The number of hydrogen-bond donors (Lipinski definition) is 2. The molecule has 3 N–H and O–H groups in total. The smallest absolute Gasteiger partial charge is 0.407 e. The highest BCUT2D eigenvalue weighted by atomic mass is 35.5. The predicted octanol–water partition coefficient (Wildman–Crippen LogP) is 3.03. The van der Waals surface area contributed by atoms with Gasteiger partial charge >= 0.3 is 6.09 Å². The lowest BCUT2D eigenvalue weighted by Crippen LogP contribution is -2.41. The number of hydrogen-bond acceptors (Lipinski definition) is 5. The van der Waals surface area contributed by atoms with Crippen molar-refractivity contribution < 1.29 is 14.3 Å². The molecule has 2 aromatic heterocycles. The molecule has 2 amide bonds. The highest BCUT2D eigenvalue weighted by molar-refractivity contribution is 6.30. The fourth-order valence-electron chi connectivity index (χ4n) is 3.43. The van der Waals surface area contributed by atoms with Gasteiger partial charge in [0.2, 0.25) is 5.91 Å². The van der Waals surface area contributed by atoms with Crippen LogP contribution < -0.4 is 11.1 Å². The molecule has 0 unspecified atom stereocenters. The molecule has 27 heavy (non-hydrogen) atoms. The standard InChI is InChI=1S/C18H24ClN5O3/c1-18(2,3)27-17(26)21-12-6-4-5-10(7-12)16-23-22-14-9-11(15(20)25)8-13(19)24(14)16/h8-10,12H,4-7H2,1-3H3,(H2,20,25)(H,21,26)/t10-,12+/m0/s1. The van der Waals surface area contributed by atoms with Gasteiger partial charge < -0.3 is 15.8 Å². The van der Waals surface area contributed by atoms with Crippen LogP contribution in [0, 0.1) is 0 Å². The number of pyridine rings is 1. The second-order valence-corrected chi connectivity index (χ2v) is 8.28. The summed E-state index contributed by atoms with van der Waals surface area (Å²) in [5.41, 5.74) is 5.56. The largest absolute Gasteiger partial charge is 0.444 e. The Morgan fingerprint density at radius 3 is 2.70 bits per heavy atom. The molecule has 1 aliphatic carbocycles. The normalized spacial score (nSPS) is 20.4. The van der Waals surface area contributed by atoms with E-state index in [-0.39, 0.29) is 12.0 Å². The van der Waals surface area contributed by atoms with E-state index in [9.17, 15) is 9.59 Å². The van der Waals surface area contributed by atoms with Crippen molar-refractivity contribution in [3.05, 3.63) is 28.7 Å². The quantitative estimate of drug-likeness (QED) is 0.778. The first-order valence-corrected chi connectivity index (χ1v) is 9.36. The lowest BCUT2D eigenvalue weighted by Gasteiger charge is -2.30. The first kappa shape index (κ1) is 19.4. The van der Waals surface area contributed by atoms with Gasteiger partial charge in [0, 0.05) is 17.5 Å². The van der Waals surface area contributed by atoms with Crippen molar-refractivity contribution in [3.8, 4) is 0 Å². The van der Waals surface area contributed by atoms with Crippen molar-refractivity contribution in [1.82, 2.24) is 19.9 Å². The molecule has 1 saturated carbocycles. The van der Waals surface area contributed by atoms with E-state index in [0.29, 0.717) is 22.8 Å². The fourth-order valence-corrected chi connectivity index (χ4v) is 3.72.